The topological polar surface area (TPSA) is 72.7 Å². The van der Waals surface area contributed by atoms with Crippen LogP contribution < -0.4 is 5.32 Å². The Morgan fingerprint density at radius 2 is 1.86 bits per heavy atom. The summed E-state index contributed by atoms with van der Waals surface area (Å²) in [4.78, 5) is 19.7. The molecule has 146 valence electrons. The fraction of sp³-hybridized carbons (Fsp3) is 0.222. The smallest absolute Gasteiger partial charge is 0.309 e. The first-order valence-corrected chi connectivity index (χ1v) is 8.62. The van der Waals surface area contributed by atoms with Gasteiger partial charge in [-0.1, -0.05) is 30.3 Å². The summed E-state index contributed by atoms with van der Waals surface area (Å²) < 4.78 is 41.2. The van der Waals surface area contributed by atoms with Crippen LogP contribution in [0.25, 0.3) is 17.2 Å². The van der Waals surface area contributed by atoms with E-state index in [9.17, 15) is 18.0 Å². The number of amides is 1. The van der Waals surface area contributed by atoms with Gasteiger partial charge in [0.05, 0.1) is 11.4 Å². The van der Waals surface area contributed by atoms with Gasteiger partial charge in [0.2, 0.25) is 5.91 Å². The number of aryl methyl sites for hydroxylation is 1. The van der Waals surface area contributed by atoms with Crippen molar-refractivity contribution in [2.45, 2.75) is 25.4 Å². The average Bonchev–Trinajstić information content (AvgIpc) is 3.01. The van der Waals surface area contributed by atoms with Crippen molar-refractivity contribution in [3.05, 3.63) is 53.9 Å². The lowest BCUT2D eigenvalue weighted by molar-refractivity contribution is -0.141. The number of anilines is 1. The van der Waals surface area contributed by atoms with Crippen LogP contribution in [-0.2, 0) is 11.0 Å². The molecule has 1 aromatic carbocycles. The van der Waals surface area contributed by atoms with E-state index in [1.807, 2.05) is 0 Å². The number of hydrogen-bond donors (Lipinski definition) is 1. The molecule has 6 nitrogen and oxygen atoms in total. The van der Waals surface area contributed by atoms with Crippen molar-refractivity contribution >= 4 is 23.3 Å². The highest BCUT2D eigenvalue weighted by atomic mass is 35.5. The van der Waals surface area contributed by atoms with Crippen molar-refractivity contribution in [1.29, 1.82) is 0 Å². The number of alkyl halides is 4. The fourth-order valence-electron chi connectivity index (χ4n) is 2.40. The van der Waals surface area contributed by atoms with E-state index in [-0.39, 0.29) is 17.5 Å². The van der Waals surface area contributed by atoms with Crippen molar-refractivity contribution in [3.63, 3.8) is 0 Å². The van der Waals surface area contributed by atoms with E-state index >= 15 is 0 Å². The Bertz CT molecular complexity index is 1000. The quantitative estimate of drug-likeness (QED) is 0.655. The van der Waals surface area contributed by atoms with E-state index < -0.39 is 23.2 Å². The summed E-state index contributed by atoms with van der Waals surface area (Å²) in [5.74, 6) is -0.731. The van der Waals surface area contributed by atoms with Crippen molar-refractivity contribution in [2.75, 3.05) is 5.32 Å². The van der Waals surface area contributed by atoms with Gasteiger partial charge in [-0.3, -0.25) is 4.79 Å². The second kappa shape index (κ2) is 7.59. The molecule has 2 heterocycles. The summed E-state index contributed by atoms with van der Waals surface area (Å²) in [6.45, 7) is 3.10. The maximum absolute atomic E-state index is 13.4. The van der Waals surface area contributed by atoms with E-state index in [0.717, 1.165) is 10.7 Å². The number of nitrogens with zero attached hydrogens (tertiary/aromatic N) is 4. The zero-order chi connectivity index (χ0) is 20.5. The molecule has 28 heavy (non-hydrogen) atoms. The highest BCUT2D eigenvalue weighted by molar-refractivity contribution is 6.32. The Hall–Kier alpha value is -2.94. The van der Waals surface area contributed by atoms with E-state index in [1.165, 1.54) is 13.0 Å². The molecule has 0 aliphatic carbocycles. The number of hydrogen-bond acceptors (Lipinski definition) is 4. The summed E-state index contributed by atoms with van der Waals surface area (Å²) in [6.07, 6.45) is -4.68. The molecular formula is C18H15ClF3N5O. The molecule has 3 aromatic rings. The molecule has 0 bridgehead atoms. The Balaban J connectivity index is 2.16. The minimum atomic E-state index is -4.68. The predicted octanol–water partition coefficient (Wildman–Crippen LogP) is 4.22. The van der Waals surface area contributed by atoms with Gasteiger partial charge in [0.25, 0.3) is 5.95 Å². The SMILES string of the molecule is Cc1cc(NC(=O)C(C)Cl)n(-c2nc(-c3ccccc3)cc(C(F)(F)F)n2)n1. The molecule has 0 saturated heterocycles. The number of nitrogens with one attached hydrogen (secondary N) is 1. The van der Waals surface area contributed by atoms with E-state index in [2.05, 4.69) is 20.4 Å². The molecule has 3 rings (SSSR count). The minimum absolute atomic E-state index is 0.0778. The van der Waals surface area contributed by atoms with E-state index in [0.29, 0.717) is 11.3 Å². The number of aromatic nitrogens is 4. The van der Waals surface area contributed by atoms with Crippen LogP contribution in [0.3, 0.4) is 0 Å². The van der Waals surface area contributed by atoms with Gasteiger partial charge in [-0.05, 0) is 19.9 Å². The number of benzene rings is 1. The second-order valence-corrected chi connectivity index (χ2v) is 6.64. The van der Waals surface area contributed by atoms with Gasteiger partial charge in [-0.2, -0.15) is 23.0 Å². The molecule has 0 radical (unpaired) electrons. The van der Waals surface area contributed by atoms with Crippen molar-refractivity contribution in [1.82, 2.24) is 19.7 Å². The number of rotatable bonds is 4. The summed E-state index contributed by atoms with van der Waals surface area (Å²) in [5, 5.41) is 5.79. The summed E-state index contributed by atoms with van der Waals surface area (Å²) in [6, 6.07) is 10.8. The van der Waals surface area contributed by atoms with Crippen LogP contribution in [0.2, 0.25) is 0 Å². The molecule has 1 amide bonds. The predicted molar refractivity (Wildman–Crippen MR) is 98.3 cm³/mol. The van der Waals surface area contributed by atoms with Crippen molar-refractivity contribution in [2.24, 2.45) is 0 Å². The third kappa shape index (κ3) is 4.30. The highest BCUT2D eigenvalue weighted by Crippen LogP contribution is 2.31. The lowest BCUT2D eigenvalue weighted by atomic mass is 10.1. The molecule has 1 unspecified atom stereocenters. The molecule has 2 aromatic heterocycles. The standard InChI is InChI=1S/C18H15ClF3N5O/c1-10-8-15(25-16(28)11(2)19)27(26-10)17-23-13(12-6-4-3-5-7-12)9-14(24-17)18(20,21)22/h3-9,11H,1-2H3,(H,25,28). The molecule has 1 atom stereocenters. The molecule has 0 aliphatic heterocycles. The molecule has 0 aliphatic rings. The summed E-state index contributed by atoms with van der Waals surface area (Å²) in [7, 11) is 0. The van der Waals surface area contributed by atoms with Crippen LogP contribution in [-0.4, -0.2) is 31.0 Å². The van der Waals surface area contributed by atoms with Crippen LogP contribution >= 0.6 is 11.6 Å². The van der Waals surface area contributed by atoms with Crippen LogP contribution in [0.5, 0.6) is 0 Å². The first-order valence-electron chi connectivity index (χ1n) is 8.19. The molecule has 0 saturated carbocycles. The monoisotopic (exact) mass is 409 g/mol. The maximum Gasteiger partial charge on any atom is 0.433 e. The molecule has 10 heteroatoms. The first-order chi connectivity index (χ1) is 13.1. The van der Waals surface area contributed by atoms with Gasteiger partial charge >= 0.3 is 6.18 Å². The summed E-state index contributed by atoms with van der Waals surface area (Å²) >= 11 is 5.75. The third-order valence-electron chi connectivity index (χ3n) is 3.71. The molecule has 1 N–H and O–H groups in total. The Morgan fingerprint density at radius 3 is 2.46 bits per heavy atom. The normalized spacial score (nSPS) is 12.6. The maximum atomic E-state index is 13.4. The largest absolute Gasteiger partial charge is 0.433 e. The van der Waals surface area contributed by atoms with Gasteiger partial charge in [-0.25, -0.2) is 9.97 Å². The number of carbonyl (C=O) groups is 1. The minimum Gasteiger partial charge on any atom is -0.309 e. The zero-order valence-electron chi connectivity index (χ0n) is 14.8. The van der Waals surface area contributed by atoms with Crippen LogP contribution in [0.15, 0.2) is 42.5 Å². The number of carbonyl (C=O) groups excluding carboxylic acids is 1. The summed E-state index contributed by atoms with van der Waals surface area (Å²) in [5.41, 5.74) is -0.0955. The van der Waals surface area contributed by atoms with E-state index in [1.54, 1.807) is 37.3 Å². The van der Waals surface area contributed by atoms with E-state index in [4.69, 9.17) is 11.6 Å². The van der Waals surface area contributed by atoms with Gasteiger partial charge in [0, 0.05) is 11.6 Å². The lowest BCUT2D eigenvalue weighted by Gasteiger charge is -2.13. The van der Waals surface area contributed by atoms with Crippen LogP contribution in [0, 0.1) is 6.92 Å². The van der Waals surface area contributed by atoms with Crippen LogP contribution in [0.1, 0.15) is 18.3 Å². The molecule has 0 spiro atoms. The van der Waals surface area contributed by atoms with Gasteiger partial charge < -0.3 is 5.32 Å². The molecule has 0 fully saturated rings. The fourth-order valence-corrected chi connectivity index (χ4v) is 2.45. The Kier molecular flexibility index (Phi) is 5.37. The molecular weight excluding hydrogens is 395 g/mol. The Morgan fingerprint density at radius 1 is 1.18 bits per heavy atom. The van der Waals surface area contributed by atoms with Gasteiger partial charge in [0.15, 0.2) is 5.69 Å². The third-order valence-corrected chi connectivity index (χ3v) is 3.91. The van der Waals surface area contributed by atoms with Crippen molar-refractivity contribution < 1.29 is 18.0 Å². The lowest BCUT2D eigenvalue weighted by Crippen LogP contribution is -2.23. The van der Waals surface area contributed by atoms with Gasteiger partial charge in [-0.15, -0.1) is 11.6 Å². The van der Waals surface area contributed by atoms with Gasteiger partial charge in [0.1, 0.15) is 11.2 Å². The first kappa shape index (κ1) is 19.8. The number of halogens is 4. The van der Waals surface area contributed by atoms with Crippen LogP contribution in [0.4, 0.5) is 19.0 Å². The zero-order valence-corrected chi connectivity index (χ0v) is 15.6. The second-order valence-electron chi connectivity index (χ2n) is 5.99. The van der Waals surface area contributed by atoms with Crippen molar-refractivity contribution in [3.8, 4) is 17.2 Å². The highest BCUT2D eigenvalue weighted by Gasteiger charge is 2.34. The Labute approximate surface area is 163 Å². The average molecular weight is 410 g/mol.